The zero-order chi connectivity index (χ0) is 17.1. The topological polar surface area (TPSA) is 41.1 Å². The summed E-state index contributed by atoms with van der Waals surface area (Å²) in [6, 6.07) is 9.79. The number of allylic oxidation sites excluding steroid dienone is 6. The molecule has 3 nitrogen and oxygen atoms in total. The van der Waals surface area contributed by atoms with Gasteiger partial charge in [0, 0.05) is 5.69 Å². The van der Waals surface area contributed by atoms with Crippen molar-refractivity contribution in [1.82, 2.24) is 5.32 Å². The average molecular weight is 310 g/mol. The van der Waals surface area contributed by atoms with Gasteiger partial charge >= 0.3 is 0 Å². The van der Waals surface area contributed by atoms with Crippen LogP contribution in [-0.2, 0) is 4.79 Å². The van der Waals surface area contributed by atoms with Crippen LogP contribution in [0.1, 0.15) is 33.6 Å². The minimum absolute atomic E-state index is 0.696. The first kappa shape index (κ1) is 18.5. The number of amides is 1. The molecule has 23 heavy (non-hydrogen) atoms. The second kappa shape index (κ2) is 10.2. The van der Waals surface area contributed by atoms with Gasteiger partial charge in [-0.05, 0) is 50.0 Å². The van der Waals surface area contributed by atoms with Crippen LogP contribution in [-0.4, -0.2) is 6.41 Å². The van der Waals surface area contributed by atoms with Crippen LogP contribution in [0.5, 0.6) is 0 Å². The van der Waals surface area contributed by atoms with Crippen molar-refractivity contribution >= 4 is 12.1 Å². The smallest absolute Gasteiger partial charge is 0.212 e. The van der Waals surface area contributed by atoms with Crippen LogP contribution in [0, 0.1) is 0 Å². The fourth-order valence-electron chi connectivity index (χ4n) is 2.10. The summed E-state index contributed by atoms with van der Waals surface area (Å²) in [4.78, 5) is 10.9. The fraction of sp³-hybridized carbons (Fsp3) is 0.250. The summed E-state index contributed by atoms with van der Waals surface area (Å²) in [6.45, 7) is 9.99. The van der Waals surface area contributed by atoms with Crippen LogP contribution in [0.2, 0.25) is 0 Å². The number of para-hydroxylation sites is 1. The van der Waals surface area contributed by atoms with E-state index in [-0.39, 0.29) is 0 Å². The molecular formula is C20H26N2O. The quantitative estimate of drug-likeness (QED) is 0.501. The predicted octanol–water partition coefficient (Wildman–Crippen LogP) is 4.93. The van der Waals surface area contributed by atoms with E-state index < -0.39 is 0 Å². The molecule has 3 heteroatoms. The summed E-state index contributed by atoms with van der Waals surface area (Å²) in [6.07, 6.45) is 8.69. The van der Waals surface area contributed by atoms with E-state index in [0.717, 1.165) is 35.5 Å². The molecule has 1 aromatic carbocycles. The maximum atomic E-state index is 10.9. The second-order valence-corrected chi connectivity index (χ2v) is 5.45. The van der Waals surface area contributed by atoms with E-state index in [1.54, 1.807) is 0 Å². The predicted molar refractivity (Wildman–Crippen MR) is 98.9 cm³/mol. The Morgan fingerprint density at radius 3 is 2.43 bits per heavy atom. The van der Waals surface area contributed by atoms with Crippen LogP contribution in [0.15, 0.2) is 77.7 Å². The van der Waals surface area contributed by atoms with Gasteiger partial charge in [-0.2, -0.15) is 0 Å². The van der Waals surface area contributed by atoms with Gasteiger partial charge in [-0.15, -0.1) is 0 Å². The van der Waals surface area contributed by atoms with Gasteiger partial charge in [-0.25, -0.2) is 0 Å². The van der Waals surface area contributed by atoms with Gasteiger partial charge in [0.2, 0.25) is 6.41 Å². The van der Waals surface area contributed by atoms with Crippen molar-refractivity contribution < 1.29 is 4.79 Å². The monoisotopic (exact) mass is 310 g/mol. The standard InChI is InChI=1S/C20H26N2O/c1-5-9-18(13-12-16(2)3)14-17(4)20(21-15-23)22-19-10-7-6-8-11-19/h6-13,15,22H,2,5,14H2,1,3-4H3,(H,21,23)/b13-12-,18-9+,20-17-. The van der Waals surface area contributed by atoms with Gasteiger partial charge in [0.1, 0.15) is 5.82 Å². The molecule has 0 aliphatic carbocycles. The Bertz CT molecular complexity index is 610. The zero-order valence-electron chi connectivity index (χ0n) is 14.2. The summed E-state index contributed by atoms with van der Waals surface area (Å²) < 4.78 is 0. The number of hydrogen-bond donors (Lipinski definition) is 2. The maximum absolute atomic E-state index is 10.9. The van der Waals surface area contributed by atoms with E-state index in [9.17, 15) is 4.79 Å². The summed E-state index contributed by atoms with van der Waals surface area (Å²) in [5, 5.41) is 6.02. The molecule has 0 fully saturated rings. The lowest BCUT2D eigenvalue weighted by atomic mass is 10.0. The molecule has 122 valence electrons. The number of carbonyl (C=O) groups excluding carboxylic acids is 1. The van der Waals surface area contributed by atoms with Crippen molar-refractivity contribution in [2.24, 2.45) is 0 Å². The Kier molecular flexibility index (Phi) is 8.22. The Morgan fingerprint density at radius 2 is 1.87 bits per heavy atom. The van der Waals surface area contributed by atoms with E-state index in [1.165, 1.54) is 5.57 Å². The van der Waals surface area contributed by atoms with Crippen molar-refractivity contribution in [2.45, 2.75) is 33.6 Å². The molecule has 0 heterocycles. The van der Waals surface area contributed by atoms with Crippen LogP contribution in [0.3, 0.4) is 0 Å². The van der Waals surface area contributed by atoms with Gasteiger partial charge in [0.05, 0.1) is 0 Å². The van der Waals surface area contributed by atoms with E-state index in [4.69, 9.17) is 0 Å². The van der Waals surface area contributed by atoms with Crippen molar-refractivity contribution in [3.8, 4) is 0 Å². The van der Waals surface area contributed by atoms with E-state index >= 15 is 0 Å². The molecule has 0 unspecified atom stereocenters. The maximum Gasteiger partial charge on any atom is 0.212 e. The molecule has 0 aromatic heterocycles. The van der Waals surface area contributed by atoms with Gasteiger partial charge in [-0.3, -0.25) is 4.79 Å². The lowest BCUT2D eigenvalue weighted by molar-refractivity contribution is -0.108. The van der Waals surface area contributed by atoms with E-state index in [1.807, 2.05) is 50.3 Å². The van der Waals surface area contributed by atoms with Gasteiger partial charge in [-0.1, -0.05) is 55.5 Å². The third-order valence-electron chi connectivity index (χ3n) is 3.19. The van der Waals surface area contributed by atoms with Gasteiger partial charge in [0.25, 0.3) is 0 Å². The average Bonchev–Trinajstić information content (AvgIpc) is 2.53. The molecule has 0 atom stereocenters. The third-order valence-corrected chi connectivity index (χ3v) is 3.19. The van der Waals surface area contributed by atoms with Gasteiger partial charge < -0.3 is 10.6 Å². The zero-order valence-corrected chi connectivity index (χ0v) is 14.2. The van der Waals surface area contributed by atoms with Gasteiger partial charge in [0.15, 0.2) is 0 Å². The molecular weight excluding hydrogens is 284 g/mol. The summed E-state index contributed by atoms with van der Waals surface area (Å²) in [5.41, 5.74) is 4.22. The number of carbonyl (C=O) groups is 1. The number of rotatable bonds is 9. The molecule has 2 N–H and O–H groups in total. The molecule has 0 saturated carbocycles. The minimum atomic E-state index is 0.696. The number of hydrogen-bond acceptors (Lipinski definition) is 2. The first-order valence-electron chi connectivity index (χ1n) is 7.81. The Balaban J connectivity index is 2.97. The van der Waals surface area contributed by atoms with Crippen LogP contribution >= 0.6 is 0 Å². The summed E-state index contributed by atoms with van der Waals surface area (Å²) in [7, 11) is 0. The highest BCUT2D eigenvalue weighted by atomic mass is 16.1. The SMILES string of the molecule is C=C(C)/C=C\C(=C/CC)C/C(C)=C(/NC=O)Nc1ccccc1. The lowest BCUT2D eigenvalue weighted by Crippen LogP contribution is -2.19. The molecule has 0 saturated heterocycles. The summed E-state index contributed by atoms with van der Waals surface area (Å²) in [5.74, 6) is 0.719. The number of anilines is 1. The molecule has 0 aliphatic rings. The lowest BCUT2D eigenvalue weighted by Gasteiger charge is -2.14. The third kappa shape index (κ3) is 7.32. The Hall–Kier alpha value is -2.55. The van der Waals surface area contributed by atoms with Crippen molar-refractivity contribution in [2.75, 3.05) is 5.32 Å². The first-order valence-corrected chi connectivity index (χ1v) is 7.81. The molecule has 1 amide bonds. The van der Waals surface area contributed by atoms with Crippen LogP contribution < -0.4 is 10.6 Å². The van der Waals surface area contributed by atoms with Crippen molar-refractivity contribution in [3.05, 3.63) is 77.7 Å². The molecule has 0 bridgehead atoms. The minimum Gasteiger partial charge on any atom is -0.342 e. The highest BCUT2D eigenvalue weighted by molar-refractivity contribution is 5.57. The molecule has 0 spiro atoms. The Morgan fingerprint density at radius 1 is 1.17 bits per heavy atom. The highest BCUT2D eigenvalue weighted by Crippen LogP contribution is 2.18. The molecule has 0 radical (unpaired) electrons. The van der Waals surface area contributed by atoms with Crippen LogP contribution in [0.25, 0.3) is 0 Å². The van der Waals surface area contributed by atoms with Crippen LogP contribution in [0.4, 0.5) is 5.69 Å². The van der Waals surface area contributed by atoms with E-state index in [2.05, 4.69) is 36.3 Å². The number of nitrogens with one attached hydrogen (secondary N) is 2. The second-order valence-electron chi connectivity index (χ2n) is 5.45. The first-order chi connectivity index (χ1) is 11.1. The molecule has 0 aliphatic heterocycles. The molecule has 1 rings (SSSR count). The van der Waals surface area contributed by atoms with Crippen molar-refractivity contribution in [3.63, 3.8) is 0 Å². The largest absolute Gasteiger partial charge is 0.342 e. The normalized spacial score (nSPS) is 12.7. The fourth-order valence-corrected chi connectivity index (χ4v) is 2.10. The number of benzene rings is 1. The summed E-state index contributed by atoms with van der Waals surface area (Å²) >= 11 is 0. The molecule has 1 aromatic rings. The van der Waals surface area contributed by atoms with E-state index in [0.29, 0.717) is 6.41 Å². The Labute approximate surface area is 139 Å². The highest BCUT2D eigenvalue weighted by Gasteiger charge is 2.04. The van der Waals surface area contributed by atoms with Crippen molar-refractivity contribution in [1.29, 1.82) is 0 Å².